The Morgan fingerprint density at radius 3 is 2.44 bits per heavy atom. The number of thiocarbonyl (C=S) groups is 1. The summed E-state index contributed by atoms with van der Waals surface area (Å²) in [6.07, 6.45) is 2.62. The van der Waals surface area contributed by atoms with Gasteiger partial charge in [-0.2, -0.15) is 0 Å². The van der Waals surface area contributed by atoms with Crippen molar-refractivity contribution >= 4 is 17.2 Å². The van der Waals surface area contributed by atoms with Crippen molar-refractivity contribution < 1.29 is 0 Å². The highest BCUT2D eigenvalue weighted by atomic mass is 32.1. The summed E-state index contributed by atoms with van der Waals surface area (Å²) in [5.41, 5.74) is 0. The highest BCUT2D eigenvalue weighted by Gasteiger charge is 2.22. The minimum absolute atomic E-state index is 0.514. The highest BCUT2D eigenvalue weighted by molar-refractivity contribution is 7.80. The Bertz CT molecular complexity index is 116. The normalized spacial score (nSPS) is 18.1. The van der Waals surface area contributed by atoms with Gasteiger partial charge in [-0.25, -0.2) is 0 Å². The van der Waals surface area contributed by atoms with Gasteiger partial charge in [-0.1, -0.05) is 26.1 Å². The van der Waals surface area contributed by atoms with E-state index in [-0.39, 0.29) is 0 Å². The number of hydrogen-bond acceptors (Lipinski definition) is 1. The highest BCUT2D eigenvalue weighted by Crippen LogP contribution is 2.19. The van der Waals surface area contributed by atoms with E-state index in [1.54, 1.807) is 0 Å². The van der Waals surface area contributed by atoms with Gasteiger partial charge in [0, 0.05) is 12.0 Å². The average Bonchev–Trinajstić information content (AvgIpc) is 2.50. The molecule has 0 saturated heterocycles. The summed E-state index contributed by atoms with van der Waals surface area (Å²) in [5.74, 6) is 0.514. The molecule has 0 aromatic rings. The van der Waals surface area contributed by atoms with E-state index < -0.39 is 0 Å². The van der Waals surface area contributed by atoms with Crippen LogP contribution in [0.4, 0.5) is 0 Å². The summed E-state index contributed by atoms with van der Waals surface area (Å²) in [4.78, 5) is 1.03. The van der Waals surface area contributed by atoms with E-state index in [4.69, 9.17) is 12.2 Å². The summed E-state index contributed by atoms with van der Waals surface area (Å²) in [5, 5.41) is 3.28. The molecule has 1 N–H and O–H groups in total. The lowest BCUT2D eigenvalue weighted by Gasteiger charge is -2.08. The molecule has 0 bridgehead atoms. The summed E-state index contributed by atoms with van der Waals surface area (Å²) in [7, 11) is 0. The van der Waals surface area contributed by atoms with Crippen LogP contribution in [0.25, 0.3) is 0 Å². The lowest BCUT2D eigenvalue weighted by molar-refractivity contribution is 0.806. The van der Waals surface area contributed by atoms with E-state index in [0.29, 0.717) is 5.92 Å². The molecule has 1 aliphatic rings. The predicted molar refractivity (Wildman–Crippen MR) is 43.6 cm³/mol. The van der Waals surface area contributed by atoms with Crippen molar-refractivity contribution in [2.24, 2.45) is 5.92 Å². The molecule has 1 rings (SSSR count). The van der Waals surface area contributed by atoms with Crippen LogP contribution in [0.2, 0.25) is 0 Å². The van der Waals surface area contributed by atoms with Crippen LogP contribution in [0.5, 0.6) is 0 Å². The van der Waals surface area contributed by atoms with Gasteiger partial charge in [0.1, 0.15) is 0 Å². The van der Waals surface area contributed by atoms with E-state index in [2.05, 4.69) is 19.2 Å². The van der Waals surface area contributed by atoms with Crippen molar-refractivity contribution in [3.05, 3.63) is 0 Å². The minimum Gasteiger partial charge on any atom is -0.377 e. The van der Waals surface area contributed by atoms with Crippen LogP contribution in [0.3, 0.4) is 0 Å². The lowest BCUT2D eigenvalue weighted by Crippen LogP contribution is -2.27. The third-order valence-corrected chi connectivity index (χ3v) is 2.04. The molecule has 0 aliphatic heterocycles. The zero-order valence-corrected chi connectivity index (χ0v) is 6.79. The maximum Gasteiger partial charge on any atom is 0.0781 e. The molecule has 0 aromatic carbocycles. The first-order valence-electron chi connectivity index (χ1n) is 3.50. The molecule has 1 saturated carbocycles. The summed E-state index contributed by atoms with van der Waals surface area (Å²) >= 11 is 5.08. The monoisotopic (exact) mass is 143 g/mol. The van der Waals surface area contributed by atoms with E-state index in [9.17, 15) is 0 Å². The molecule has 1 fully saturated rings. The van der Waals surface area contributed by atoms with Crippen LogP contribution in [-0.2, 0) is 0 Å². The molecule has 52 valence electrons. The lowest BCUT2D eigenvalue weighted by atomic mass is 10.2. The molecule has 0 unspecified atom stereocenters. The van der Waals surface area contributed by atoms with Gasteiger partial charge in [0.15, 0.2) is 0 Å². The van der Waals surface area contributed by atoms with Crippen LogP contribution in [0.15, 0.2) is 0 Å². The predicted octanol–water partition coefficient (Wildman–Crippen LogP) is 1.72. The van der Waals surface area contributed by atoms with Gasteiger partial charge < -0.3 is 5.32 Å². The van der Waals surface area contributed by atoms with E-state index >= 15 is 0 Å². The Morgan fingerprint density at radius 1 is 1.56 bits per heavy atom. The molecule has 0 amide bonds. The molecule has 0 atom stereocenters. The molecule has 0 aromatic heterocycles. The molecule has 9 heavy (non-hydrogen) atoms. The first-order valence-corrected chi connectivity index (χ1v) is 3.91. The molecule has 0 heterocycles. The van der Waals surface area contributed by atoms with Crippen molar-refractivity contribution in [2.45, 2.75) is 32.7 Å². The van der Waals surface area contributed by atoms with Crippen molar-refractivity contribution in [1.29, 1.82) is 0 Å². The van der Waals surface area contributed by atoms with Gasteiger partial charge in [0.05, 0.1) is 4.99 Å². The summed E-state index contributed by atoms with van der Waals surface area (Å²) in [6, 6.07) is 0.722. The van der Waals surface area contributed by atoms with Crippen molar-refractivity contribution in [3.8, 4) is 0 Å². The van der Waals surface area contributed by atoms with Crippen LogP contribution in [0, 0.1) is 5.92 Å². The van der Waals surface area contributed by atoms with Crippen molar-refractivity contribution in [1.82, 2.24) is 5.32 Å². The quantitative estimate of drug-likeness (QED) is 0.591. The third-order valence-electron chi connectivity index (χ3n) is 1.45. The van der Waals surface area contributed by atoms with Gasteiger partial charge in [-0.3, -0.25) is 0 Å². The topological polar surface area (TPSA) is 12.0 Å². The second-order valence-corrected chi connectivity index (χ2v) is 3.38. The maximum absolute atomic E-state index is 5.08. The maximum atomic E-state index is 5.08. The van der Waals surface area contributed by atoms with Gasteiger partial charge in [-0.05, 0) is 12.8 Å². The number of hydrogen-bond donors (Lipinski definition) is 1. The number of nitrogens with one attached hydrogen (secondary N) is 1. The van der Waals surface area contributed by atoms with E-state index in [1.807, 2.05) is 0 Å². The molecular formula is C7H13NS. The van der Waals surface area contributed by atoms with Crippen LogP contribution >= 0.6 is 12.2 Å². The largest absolute Gasteiger partial charge is 0.377 e. The fraction of sp³-hybridized carbons (Fsp3) is 0.857. The Balaban J connectivity index is 2.17. The Hall–Kier alpha value is -0.110. The fourth-order valence-electron chi connectivity index (χ4n) is 0.596. The number of rotatable bonds is 2. The van der Waals surface area contributed by atoms with E-state index in [0.717, 1.165) is 11.0 Å². The SMILES string of the molecule is CC(C)C(=S)NC1CC1. The molecule has 0 spiro atoms. The van der Waals surface area contributed by atoms with E-state index in [1.165, 1.54) is 12.8 Å². The zero-order chi connectivity index (χ0) is 6.85. The molecule has 2 heteroatoms. The third kappa shape index (κ3) is 2.31. The van der Waals surface area contributed by atoms with Crippen molar-refractivity contribution in [3.63, 3.8) is 0 Å². The Kier molecular flexibility index (Phi) is 2.06. The first kappa shape index (κ1) is 7.00. The average molecular weight is 143 g/mol. The molecule has 1 nitrogen and oxygen atoms in total. The van der Waals surface area contributed by atoms with Crippen molar-refractivity contribution in [2.75, 3.05) is 0 Å². The smallest absolute Gasteiger partial charge is 0.0781 e. The zero-order valence-electron chi connectivity index (χ0n) is 5.98. The minimum atomic E-state index is 0.514. The first-order chi connectivity index (χ1) is 4.20. The summed E-state index contributed by atoms with van der Waals surface area (Å²) in [6.45, 7) is 4.25. The van der Waals surface area contributed by atoms with Crippen LogP contribution < -0.4 is 5.32 Å². The standard InChI is InChI=1S/C7H13NS/c1-5(2)7(9)8-6-3-4-6/h5-6H,3-4H2,1-2H3,(H,8,9). The summed E-state index contributed by atoms with van der Waals surface area (Å²) < 4.78 is 0. The van der Waals surface area contributed by atoms with Crippen LogP contribution in [-0.4, -0.2) is 11.0 Å². The van der Waals surface area contributed by atoms with Crippen LogP contribution in [0.1, 0.15) is 26.7 Å². The fourth-order valence-corrected chi connectivity index (χ4v) is 0.762. The van der Waals surface area contributed by atoms with Gasteiger partial charge in [0.25, 0.3) is 0 Å². The second-order valence-electron chi connectivity index (χ2n) is 2.94. The molecule has 0 radical (unpaired) electrons. The van der Waals surface area contributed by atoms with Gasteiger partial charge >= 0.3 is 0 Å². The molecular weight excluding hydrogens is 130 g/mol. The van der Waals surface area contributed by atoms with Gasteiger partial charge in [0.2, 0.25) is 0 Å². The Labute approximate surface area is 61.8 Å². The van der Waals surface area contributed by atoms with Gasteiger partial charge in [-0.15, -0.1) is 0 Å². The molecule has 1 aliphatic carbocycles. The Morgan fingerprint density at radius 2 is 2.11 bits per heavy atom. The second kappa shape index (κ2) is 2.65.